The molecule has 2 aliphatic rings. The third-order valence-electron chi connectivity index (χ3n) is 6.61. The number of rotatable bonds is 8. The lowest BCUT2D eigenvalue weighted by Crippen LogP contribution is -2.57. The topological polar surface area (TPSA) is 83.7 Å². The zero-order valence-electron chi connectivity index (χ0n) is 19.6. The second-order valence-electron chi connectivity index (χ2n) is 9.30. The van der Waals surface area contributed by atoms with E-state index in [1.54, 1.807) is 4.90 Å². The smallest absolute Gasteiger partial charge is 0.246 e. The Morgan fingerprint density at radius 3 is 2.37 bits per heavy atom. The van der Waals surface area contributed by atoms with Crippen molar-refractivity contribution in [1.82, 2.24) is 9.80 Å². The molecule has 0 radical (unpaired) electrons. The van der Waals surface area contributed by atoms with E-state index in [-0.39, 0.29) is 30.4 Å². The molecule has 0 saturated heterocycles. The molecule has 1 aliphatic heterocycles. The first-order valence-corrected chi connectivity index (χ1v) is 11.8. The van der Waals surface area contributed by atoms with Gasteiger partial charge in [0.15, 0.2) is 0 Å². The molecule has 2 aromatic carbocycles. The maximum absolute atomic E-state index is 13.9. The summed E-state index contributed by atoms with van der Waals surface area (Å²) in [4.78, 5) is 42.5. The van der Waals surface area contributed by atoms with Crippen molar-refractivity contribution in [3.05, 3.63) is 83.4 Å². The van der Waals surface area contributed by atoms with Crippen LogP contribution in [0.3, 0.4) is 0 Å². The number of nitrogens with two attached hydrogens (primary N) is 1. The Morgan fingerprint density at radius 2 is 1.77 bits per heavy atom. The predicted molar refractivity (Wildman–Crippen MR) is 127 cm³/mol. The van der Waals surface area contributed by atoms with Gasteiger partial charge in [-0.3, -0.25) is 14.4 Å². The maximum Gasteiger partial charge on any atom is 0.246 e. The molecule has 2 aromatic rings. The van der Waals surface area contributed by atoms with Crippen LogP contribution in [0, 0.1) is 17.6 Å². The number of primary amides is 1. The van der Waals surface area contributed by atoms with E-state index in [9.17, 15) is 23.2 Å². The maximum atomic E-state index is 13.9. The lowest BCUT2D eigenvalue weighted by atomic mass is 10.0. The molecule has 1 saturated carbocycles. The van der Waals surface area contributed by atoms with Crippen molar-refractivity contribution in [2.45, 2.75) is 50.7 Å². The summed E-state index contributed by atoms with van der Waals surface area (Å²) < 4.78 is 27.4. The monoisotopic (exact) mass is 481 g/mol. The number of carbonyl (C=O) groups excluding carboxylic acids is 3. The van der Waals surface area contributed by atoms with Crippen LogP contribution in [0.15, 0.2) is 60.7 Å². The van der Waals surface area contributed by atoms with Crippen LogP contribution in [0.4, 0.5) is 8.78 Å². The first-order valence-electron chi connectivity index (χ1n) is 11.8. The molecule has 1 aliphatic carbocycles. The standard InChI is InChI=1S/C27H29F2N3O3/c1-17(26(30)34)32(25(33)14-19-12-21(28)15-22(29)13-19)24-9-5-8-23(20-6-3-2-4-7-20)31(27(24)35)16-18-10-11-18/h2-8,12-13,15,17-18,23-24H,9-11,14,16H2,1H3,(H2,30,34)/t17-,23+,24-/m0/s1. The molecule has 35 heavy (non-hydrogen) atoms. The molecular formula is C27H29F2N3O3. The van der Waals surface area contributed by atoms with Crippen LogP contribution in [0.1, 0.15) is 43.4 Å². The average molecular weight is 482 g/mol. The van der Waals surface area contributed by atoms with Gasteiger partial charge in [0.2, 0.25) is 17.7 Å². The summed E-state index contributed by atoms with van der Waals surface area (Å²) in [5.41, 5.74) is 6.62. The zero-order valence-corrected chi connectivity index (χ0v) is 19.6. The zero-order chi connectivity index (χ0) is 25.1. The summed E-state index contributed by atoms with van der Waals surface area (Å²) in [6, 6.07) is 10.1. The van der Waals surface area contributed by atoms with E-state index in [1.165, 1.54) is 11.8 Å². The Hall–Kier alpha value is -3.55. The van der Waals surface area contributed by atoms with Crippen molar-refractivity contribution in [1.29, 1.82) is 0 Å². The van der Waals surface area contributed by atoms with Gasteiger partial charge in [0.05, 0.1) is 12.5 Å². The normalized spacial score (nSPS) is 20.9. The number of carbonyl (C=O) groups is 3. The predicted octanol–water partition coefficient (Wildman–Crippen LogP) is 3.52. The molecule has 0 bridgehead atoms. The quantitative estimate of drug-likeness (QED) is 0.586. The molecule has 0 aromatic heterocycles. The third kappa shape index (κ3) is 5.75. The fraction of sp³-hybridized carbons (Fsp3) is 0.370. The summed E-state index contributed by atoms with van der Waals surface area (Å²) in [5.74, 6) is -2.86. The fourth-order valence-corrected chi connectivity index (χ4v) is 4.60. The molecule has 3 amide bonds. The van der Waals surface area contributed by atoms with Gasteiger partial charge in [-0.25, -0.2) is 8.78 Å². The first-order chi connectivity index (χ1) is 16.7. The number of benzene rings is 2. The number of amides is 3. The van der Waals surface area contributed by atoms with Crippen molar-refractivity contribution in [2.75, 3.05) is 6.54 Å². The number of nitrogens with zero attached hydrogens (tertiary/aromatic N) is 2. The molecule has 0 spiro atoms. The Kier molecular flexibility index (Phi) is 7.28. The minimum absolute atomic E-state index is 0.114. The van der Waals surface area contributed by atoms with Crippen molar-refractivity contribution in [2.24, 2.45) is 11.7 Å². The van der Waals surface area contributed by atoms with E-state index in [1.807, 2.05) is 42.5 Å². The van der Waals surface area contributed by atoms with E-state index in [0.29, 0.717) is 12.5 Å². The van der Waals surface area contributed by atoms with Crippen LogP contribution in [-0.4, -0.2) is 46.1 Å². The molecule has 1 fully saturated rings. The summed E-state index contributed by atoms with van der Waals surface area (Å²) in [6.07, 6.45) is 5.70. The largest absolute Gasteiger partial charge is 0.368 e. The molecule has 1 heterocycles. The van der Waals surface area contributed by atoms with Gasteiger partial charge in [-0.05, 0) is 55.4 Å². The second-order valence-corrected chi connectivity index (χ2v) is 9.30. The Balaban J connectivity index is 1.67. The van der Waals surface area contributed by atoms with E-state index >= 15 is 0 Å². The summed E-state index contributed by atoms with van der Waals surface area (Å²) in [7, 11) is 0. The van der Waals surface area contributed by atoms with E-state index < -0.39 is 35.5 Å². The van der Waals surface area contributed by atoms with E-state index in [4.69, 9.17) is 5.73 Å². The van der Waals surface area contributed by atoms with Gasteiger partial charge in [0.1, 0.15) is 23.7 Å². The highest BCUT2D eigenvalue weighted by Gasteiger charge is 2.41. The summed E-state index contributed by atoms with van der Waals surface area (Å²) >= 11 is 0. The molecule has 184 valence electrons. The SMILES string of the molecule is C[C@@H](C(N)=O)N(C(=O)Cc1cc(F)cc(F)c1)[C@H]1CC=C[C@H](c2ccccc2)N(CC2CC2)C1=O. The average Bonchev–Trinajstić information content (AvgIpc) is 3.64. The van der Waals surface area contributed by atoms with E-state index in [0.717, 1.165) is 36.6 Å². The minimum Gasteiger partial charge on any atom is -0.368 e. The lowest BCUT2D eigenvalue weighted by molar-refractivity contribution is -0.150. The molecular weight excluding hydrogens is 452 g/mol. The second kappa shape index (κ2) is 10.4. The summed E-state index contributed by atoms with van der Waals surface area (Å²) in [6.45, 7) is 2.01. The van der Waals surface area contributed by atoms with Gasteiger partial charge in [-0.15, -0.1) is 0 Å². The van der Waals surface area contributed by atoms with Crippen LogP contribution in [0.2, 0.25) is 0 Å². The Bertz CT molecular complexity index is 1110. The molecule has 0 unspecified atom stereocenters. The Morgan fingerprint density at radius 1 is 1.11 bits per heavy atom. The minimum atomic E-state index is -1.08. The van der Waals surface area contributed by atoms with E-state index in [2.05, 4.69) is 0 Å². The van der Waals surface area contributed by atoms with Crippen molar-refractivity contribution in [3.63, 3.8) is 0 Å². The highest BCUT2D eigenvalue weighted by molar-refractivity contribution is 5.93. The number of hydrogen-bond donors (Lipinski definition) is 1. The van der Waals surface area contributed by atoms with Crippen LogP contribution in [0.5, 0.6) is 0 Å². The van der Waals surface area contributed by atoms with Crippen molar-refractivity contribution in [3.8, 4) is 0 Å². The third-order valence-corrected chi connectivity index (χ3v) is 6.61. The molecule has 8 heteroatoms. The fourth-order valence-electron chi connectivity index (χ4n) is 4.60. The lowest BCUT2D eigenvalue weighted by Gasteiger charge is -2.38. The van der Waals surface area contributed by atoms with Crippen LogP contribution in [-0.2, 0) is 20.8 Å². The van der Waals surface area contributed by atoms with Crippen molar-refractivity contribution >= 4 is 17.7 Å². The molecule has 4 rings (SSSR count). The van der Waals surface area contributed by atoms with Crippen LogP contribution in [0.25, 0.3) is 0 Å². The number of hydrogen-bond acceptors (Lipinski definition) is 3. The van der Waals surface area contributed by atoms with Crippen LogP contribution >= 0.6 is 0 Å². The van der Waals surface area contributed by atoms with Gasteiger partial charge in [0, 0.05) is 12.6 Å². The van der Waals surface area contributed by atoms with Gasteiger partial charge >= 0.3 is 0 Å². The summed E-state index contributed by atoms with van der Waals surface area (Å²) in [5, 5.41) is 0. The molecule has 6 nitrogen and oxygen atoms in total. The highest BCUT2D eigenvalue weighted by atomic mass is 19.1. The van der Waals surface area contributed by atoms with Crippen LogP contribution < -0.4 is 5.73 Å². The van der Waals surface area contributed by atoms with Gasteiger partial charge in [-0.2, -0.15) is 0 Å². The molecule has 3 atom stereocenters. The highest BCUT2D eigenvalue weighted by Crippen LogP contribution is 2.36. The van der Waals surface area contributed by atoms with Gasteiger partial charge in [0.25, 0.3) is 0 Å². The van der Waals surface area contributed by atoms with Gasteiger partial charge in [-0.1, -0.05) is 42.5 Å². The molecule has 2 N–H and O–H groups in total. The van der Waals surface area contributed by atoms with Gasteiger partial charge < -0.3 is 15.5 Å². The first kappa shape index (κ1) is 24.6. The van der Waals surface area contributed by atoms with Crippen molar-refractivity contribution < 1.29 is 23.2 Å². The number of halogens is 2. The Labute approximate surface area is 203 Å².